The summed E-state index contributed by atoms with van der Waals surface area (Å²) in [7, 11) is 0. The third-order valence-electron chi connectivity index (χ3n) is 4.22. The summed E-state index contributed by atoms with van der Waals surface area (Å²) in [5.41, 5.74) is 1.36. The first kappa shape index (κ1) is 16.0. The van der Waals surface area contributed by atoms with E-state index in [-0.39, 0.29) is 11.9 Å². The Morgan fingerprint density at radius 2 is 2.08 bits per heavy atom. The largest absolute Gasteiger partial charge is 0.324 e. The smallest absolute Gasteiger partial charge is 0.269 e. The molecule has 0 fully saturated rings. The summed E-state index contributed by atoms with van der Waals surface area (Å²) in [6.07, 6.45) is 3.15. The molecule has 2 atom stereocenters. The number of carbonyl (C=O) groups excluding carboxylic acids is 1. The lowest BCUT2D eigenvalue weighted by atomic mass is 9.87. The van der Waals surface area contributed by atoms with Crippen LogP contribution in [0.5, 0.6) is 0 Å². The van der Waals surface area contributed by atoms with Crippen LogP contribution in [0.1, 0.15) is 18.5 Å². The standard InChI is InChI=1S/C17H14FN7O/c1-10-14(16(26)21-11-5-4-8-19-9-11)15(12-6-2-3-7-13(12)18)25-17(20-10)22-23-24-25/h2-9,14-15H,1H3,(H,21,26). The Kier molecular flexibility index (Phi) is 3.96. The minimum atomic E-state index is -0.775. The lowest BCUT2D eigenvalue weighted by molar-refractivity contribution is -0.118. The van der Waals surface area contributed by atoms with Crippen LogP contribution in [0.4, 0.5) is 16.0 Å². The molecule has 1 aliphatic rings. The number of rotatable bonds is 3. The number of benzene rings is 1. The zero-order valence-corrected chi connectivity index (χ0v) is 13.7. The molecule has 2 aromatic heterocycles. The van der Waals surface area contributed by atoms with Crippen molar-refractivity contribution in [1.82, 2.24) is 25.2 Å². The molecule has 0 radical (unpaired) electrons. The SMILES string of the molecule is CC1=Nc2nnnn2C(c2ccccc2F)C1C(=O)Nc1cccnc1. The number of anilines is 1. The topological polar surface area (TPSA) is 98.0 Å². The van der Waals surface area contributed by atoms with Gasteiger partial charge in [0.1, 0.15) is 17.8 Å². The first-order chi connectivity index (χ1) is 12.6. The Labute approximate surface area is 147 Å². The van der Waals surface area contributed by atoms with Crippen LogP contribution in [0.3, 0.4) is 0 Å². The predicted octanol–water partition coefficient (Wildman–Crippen LogP) is 2.16. The average Bonchev–Trinajstić information content (AvgIpc) is 3.10. The van der Waals surface area contributed by atoms with E-state index in [0.717, 1.165) is 0 Å². The van der Waals surface area contributed by atoms with Crippen LogP contribution in [0, 0.1) is 11.7 Å². The summed E-state index contributed by atoms with van der Waals surface area (Å²) in [6.45, 7) is 1.71. The molecule has 3 aromatic rings. The molecule has 1 amide bonds. The minimum Gasteiger partial charge on any atom is -0.324 e. The van der Waals surface area contributed by atoms with Gasteiger partial charge in [0.15, 0.2) is 0 Å². The van der Waals surface area contributed by atoms with Crippen LogP contribution in [-0.4, -0.2) is 36.8 Å². The summed E-state index contributed by atoms with van der Waals surface area (Å²) in [5, 5.41) is 14.2. The lowest BCUT2D eigenvalue weighted by Crippen LogP contribution is -2.39. The van der Waals surface area contributed by atoms with Crippen LogP contribution in [-0.2, 0) is 4.79 Å². The molecule has 0 bridgehead atoms. The number of nitrogens with one attached hydrogen (secondary N) is 1. The third-order valence-corrected chi connectivity index (χ3v) is 4.22. The van der Waals surface area contributed by atoms with Crippen molar-refractivity contribution in [2.45, 2.75) is 13.0 Å². The summed E-state index contributed by atoms with van der Waals surface area (Å²) in [6, 6.07) is 8.96. The monoisotopic (exact) mass is 351 g/mol. The maximum Gasteiger partial charge on any atom is 0.269 e. The van der Waals surface area contributed by atoms with E-state index in [9.17, 15) is 9.18 Å². The number of halogens is 1. The molecule has 9 heteroatoms. The Morgan fingerprint density at radius 1 is 1.23 bits per heavy atom. The number of pyridine rings is 1. The van der Waals surface area contributed by atoms with Crippen LogP contribution in [0.15, 0.2) is 53.8 Å². The molecule has 26 heavy (non-hydrogen) atoms. The summed E-state index contributed by atoms with van der Waals surface area (Å²) < 4.78 is 15.9. The van der Waals surface area contributed by atoms with Gasteiger partial charge < -0.3 is 5.32 Å². The molecular formula is C17H14FN7O. The number of aliphatic imine (C=N–C) groups is 1. The predicted molar refractivity (Wildman–Crippen MR) is 91.5 cm³/mol. The number of fused-ring (bicyclic) bond motifs is 1. The third kappa shape index (κ3) is 2.73. The van der Waals surface area contributed by atoms with Crippen molar-refractivity contribution in [2.24, 2.45) is 10.9 Å². The Hall–Kier alpha value is -3.49. The molecule has 1 N–H and O–H groups in total. The summed E-state index contributed by atoms with van der Waals surface area (Å²) in [5.74, 6) is -1.31. The van der Waals surface area contributed by atoms with Gasteiger partial charge in [-0.15, -0.1) is 0 Å². The van der Waals surface area contributed by atoms with Crippen molar-refractivity contribution >= 4 is 23.3 Å². The van der Waals surface area contributed by atoms with E-state index in [1.807, 2.05) is 0 Å². The highest BCUT2D eigenvalue weighted by Crippen LogP contribution is 2.36. The van der Waals surface area contributed by atoms with Crippen LogP contribution >= 0.6 is 0 Å². The molecule has 1 aromatic carbocycles. The number of tetrazole rings is 1. The number of carbonyl (C=O) groups is 1. The maximum atomic E-state index is 14.5. The van der Waals surface area contributed by atoms with E-state index >= 15 is 0 Å². The highest BCUT2D eigenvalue weighted by molar-refractivity contribution is 6.10. The van der Waals surface area contributed by atoms with E-state index < -0.39 is 17.8 Å². The van der Waals surface area contributed by atoms with Gasteiger partial charge in [-0.25, -0.2) is 14.1 Å². The Morgan fingerprint density at radius 3 is 2.85 bits per heavy atom. The van der Waals surface area contributed by atoms with E-state index in [1.54, 1.807) is 43.5 Å². The number of aromatic nitrogens is 5. The molecule has 0 aliphatic carbocycles. The van der Waals surface area contributed by atoms with Crippen LogP contribution < -0.4 is 5.32 Å². The Balaban J connectivity index is 1.78. The first-order valence-corrected chi connectivity index (χ1v) is 7.93. The van der Waals surface area contributed by atoms with Gasteiger partial charge in [-0.3, -0.25) is 9.78 Å². The molecule has 8 nitrogen and oxygen atoms in total. The van der Waals surface area contributed by atoms with E-state index in [4.69, 9.17) is 0 Å². The quantitative estimate of drug-likeness (QED) is 0.780. The number of hydrogen-bond acceptors (Lipinski definition) is 6. The van der Waals surface area contributed by atoms with Crippen molar-refractivity contribution in [2.75, 3.05) is 5.32 Å². The second-order valence-corrected chi connectivity index (χ2v) is 5.85. The molecule has 4 rings (SSSR count). The minimum absolute atomic E-state index is 0.237. The van der Waals surface area contributed by atoms with Crippen molar-refractivity contribution < 1.29 is 9.18 Å². The van der Waals surface area contributed by atoms with Gasteiger partial charge in [0.2, 0.25) is 5.91 Å². The molecule has 0 spiro atoms. The fourth-order valence-corrected chi connectivity index (χ4v) is 3.06. The van der Waals surface area contributed by atoms with Gasteiger partial charge in [0.25, 0.3) is 5.95 Å². The van der Waals surface area contributed by atoms with Crippen molar-refractivity contribution in [3.63, 3.8) is 0 Å². The second-order valence-electron chi connectivity index (χ2n) is 5.85. The summed E-state index contributed by atoms with van der Waals surface area (Å²) in [4.78, 5) is 21.3. The van der Waals surface area contributed by atoms with E-state index in [1.165, 1.54) is 16.9 Å². The van der Waals surface area contributed by atoms with E-state index in [2.05, 4.69) is 30.8 Å². The van der Waals surface area contributed by atoms with Crippen molar-refractivity contribution in [3.05, 3.63) is 60.2 Å². The maximum absolute atomic E-state index is 14.5. The van der Waals surface area contributed by atoms with Gasteiger partial charge in [0.05, 0.1) is 11.9 Å². The van der Waals surface area contributed by atoms with Gasteiger partial charge in [-0.2, -0.15) is 0 Å². The first-order valence-electron chi connectivity index (χ1n) is 7.93. The molecule has 2 unspecified atom stereocenters. The van der Waals surface area contributed by atoms with Gasteiger partial charge in [-0.1, -0.05) is 23.3 Å². The highest BCUT2D eigenvalue weighted by Gasteiger charge is 2.40. The molecule has 0 saturated heterocycles. The molecule has 0 saturated carbocycles. The number of hydrogen-bond donors (Lipinski definition) is 1. The van der Waals surface area contributed by atoms with E-state index in [0.29, 0.717) is 17.0 Å². The van der Waals surface area contributed by atoms with Crippen LogP contribution in [0.2, 0.25) is 0 Å². The van der Waals surface area contributed by atoms with Crippen molar-refractivity contribution in [1.29, 1.82) is 0 Å². The fourth-order valence-electron chi connectivity index (χ4n) is 3.06. The molecule has 3 heterocycles. The highest BCUT2D eigenvalue weighted by atomic mass is 19.1. The Bertz CT molecular complexity index is 986. The second kappa shape index (κ2) is 6.43. The molecular weight excluding hydrogens is 337 g/mol. The number of amides is 1. The zero-order chi connectivity index (χ0) is 18.1. The van der Waals surface area contributed by atoms with Gasteiger partial charge in [-0.05, 0) is 35.5 Å². The number of nitrogens with zero attached hydrogens (tertiary/aromatic N) is 6. The molecule has 130 valence electrons. The zero-order valence-electron chi connectivity index (χ0n) is 13.7. The van der Waals surface area contributed by atoms with Gasteiger partial charge >= 0.3 is 0 Å². The molecule has 1 aliphatic heterocycles. The fraction of sp³-hybridized carbons (Fsp3) is 0.176. The van der Waals surface area contributed by atoms with Crippen molar-refractivity contribution in [3.8, 4) is 0 Å². The normalized spacial score (nSPS) is 18.8. The average molecular weight is 351 g/mol. The van der Waals surface area contributed by atoms with Gasteiger partial charge in [0, 0.05) is 17.5 Å². The summed E-state index contributed by atoms with van der Waals surface area (Å²) >= 11 is 0. The lowest BCUT2D eigenvalue weighted by Gasteiger charge is -2.29. The van der Waals surface area contributed by atoms with Crippen LogP contribution in [0.25, 0.3) is 0 Å².